The lowest BCUT2D eigenvalue weighted by Crippen LogP contribution is -2.09. The second-order valence-corrected chi connectivity index (χ2v) is 2.64. The van der Waals surface area contributed by atoms with Crippen LogP contribution in [0.3, 0.4) is 0 Å². The highest BCUT2D eigenvalue weighted by molar-refractivity contribution is 6.48. The Labute approximate surface area is 72.0 Å². The Morgan fingerprint density at radius 1 is 1.27 bits per heavy atom. The zero-order chi connectivity index (χ0) is 9.02. The first-order valence-corrected chi connectivity index (χ1v) is 3.28. The summed E-state index contributed by atoms with van der Waals surface area (Å²) in [6, 6.07) is 0. The number of rotatable bonds is 3. The van der Waals surface area contributed by atoms with Crippen LogP contribution in [0.1, 0.15) is 0 Å². The highest BCUT2D eigenvalue weighted by Gasteiger charge is 2.16. The van der Waals surface area contributed by atoms with E-state index in [1.165, 1.54) is 0 Å². The summed E-state index contributed by atoms with van der Waals surface area (Å²) < 4.78 is 0. The van der Waals surface area contributed by atoms with Crippen LogP contribution < -0.4 is 0 Å². The molecule has 0 aromatic carbocycles. The van der Waals surface area contributed by atoms with Crippen LogP contribution in [0.4, 0.5) is 0 Å². The van der Waals surface area contributed by atoms with Crippen molar-refractivity contribution >= 4 is 35.1 Å². The summed E-state index contributed by atoms with van der Waals surface area (Å²) in [7, 11) is 0. The normalized spacial score (nSPS) is 11.7. The summed E-state index contributed by atoms with van der Waals surface area (Å²) in [5.41, 5.74) is -0.555. The lowest BCUT2D eigenvalue weighted by Gasteiger charge is -1.98. The van der Waals surface area contributed by atoms with E-state index in [-0.39, 0.29) is 0 Å². The maximum Gasteiger partial charge on any atom is 0.334 e. The molecule has 0 aromatic heterocycles. The second kappa shape index (κ2) is 4.20. The van der Waals surface area contributed by atoms with Gasteiger partial charge in [-0.3, -0.25) is 0 Å². The molecule has 4 nitrogen and oxygen atoms in total. The standard InChI is InChI=1S/C5H4Cl2O4/c6-4(7)2(5(10)11)1-3(8)9/h1,4H,(H,8,9)(H,10,11)/b2-1+. The fraction of sp³-hybridized carbons (Fsp3) is 0.200. The minimum Gasteiger partial charge on any atom is -0.478 e. The van der Waals surface area contributed by atoms with Gasteiger partial charge < -0.3 is 10.2 Å². The number of carboxylic acid groups (broad SMARTS) is 2. The quantitative estimate of drug-likeness (QED) is 0.522. The van der Waals surface area contributed by atoms with E-state index in [2.05, 4.69) is 0 Å². The summed E-state index contributed by atoms with van der Waals surface area (Å²) in [5.74, 6) is -2.84. The van der Waals surface area contributed by atoms with Gasteiger partial charge in [-0.15, -0.1) is 0 Å². The Bertz CT molecular complexity index is 209. The van der Waals surface area contributed by atoms with Gasteiger partial charge in [-0.25, -0.2) is 9.59 Å². The van der Waals surface area contributed by atoms with Gasteiger partial charge in [-0.1, -0.05) is 23.2 Å². The maximum absolute atomic E-state index is 10.2. The molecule has 0 saturated heterocycles. The molecule has 62 valence electrons. The van der Waals surface area contributed by atoms with Gasteiger partial charge in [0, 0.05) is 6.08 Å². The van der Waals surface area contributed by atoms with Gasteiger partial charge in [0.2, 0.25) is 0 Å². The topological polar surface area (TPSA) is 74.6 Å². The van der Waals surface area contributed by atoms with E-state index in [0.717, 1.165) is 0 Å². The molecule has 0 fully saturated rings. The molecule has 0 heterocycles. The fourth-order valence-corrected chi connectivity index (χ4v) is 0.664. The smallest absolute Gasteiger partial charge is 0.334 e. The van der Waals surface area contributed by atoms with Crippen molar-refractivity contribution in [1.82, 2.24) is 0 Å². The van der Waals surface area contributed by atoms with Crippen LogP contribution in [-0.4, -0.2) is 27.0 Å². The molecule has 0 saturated carbocycles. The molecule has 0 bridgehead atoms. The summed E-state index contributed by atoms with van der Waals surface area (Å²) in [4.78, 5) is 18.8. The predicted molar refractivity (Wildman–Crippen MR) is 38.8 cm³/mol. The number of halogens is 2. The molecule has 0 amide bonds. The Morgan fingerprint density at radius 2 is 1.73 bits per heavy atom. The van der Waals surface area contributed by atoms with Crippen molar-refractivity contribution in [2.75, 3.05) is 0 Å². The first-order valence-electron chi connectivity index (χ1n) is 2.41. The zero-order valence-corrected chi connectivity index (χ0v) is 6.63. The second-order valence-electron chi connectivity index (χ2n) is 1.54. The largest absolute Gasteiger partial charge is 0.478 e. The number of alkyl halides is 2. The van der Waals surface area contributed by atoms with Crippen LogP contribution in [0.25, 0.3) is 0 Å². The SMILES string of the molecule is O=C(O)/C=C(/C(=O)O)C(Cl)Cl. The van der Waals surface area contributed by atoms with Crippen molar-refractivity contribution in [2.45, 2.75) is 4.84 Å². The summed E-state index contributed by atoms with van der Waals surface area (Å²) >= 11 is 10.3. The average Bonchev–Trinajstić information content (AvgIpc) is 1.81. The van der Waals surface area contributed by atoms with Crippen molar-refractivity contribution < 1.29 is 19.8 Å². The van der Waals surface area contributed by atoms with E-state index in [4.69, 9.17) is 33.4 Å². The molecular weight excluding hydrogens is 195 g/mol. The van der Waals surface area contributed by atoms with Crippen molar-refractivity contribution in [3.63, 3.8) is 0 Å². The Kier molecular flexibility index (Phi) is 3.92. The zero-order valence-electron chi connectivity index (χ0n) is 5.12. The lowest BCUT2D eigenvalue weighted by atomic mass is 10.3. The van der Waals surface area contributed by atoms with Crippen LogP contribution in [0, 0.1) is 0 Å². The van der Waals surface area contributed by atoms with E-state index in [1.54, 1.807) is 0 Å². The fourth-order valence-electron chi connectivity index (χ4n) is 0.351. The number of carbonyl (C=O) groups is 2. The van der Waals surface area contributed by atoms with Crippen molar-refractivity contribution in [3.8, 4) is 0 Å². The number of carboxylic acids is 2. The number of hydrogen-bond donors (Lipinski definition) is 2. The molecule has 0 aliphatic rings. The minimum absolute atomic E-state index is 0.451. The molecule has 0 aliphatic carbocycles. The summed E-state index contributed by atoms with van der Waals surface area (Å²) in [6.07, 6.45) is 0.451. The summed E-state index contributed by atoms with van der Waals surface area (Å²) in [5, 5.41) is 16.4. The lowest BCUT2D eigenvalue weighted by molar-refractivity contribution is -0.135. The van der Waals surface area contributed by atoms with Gasteiger partial charge in [0.25, 0.3) is 0 Å². The van der Waals surface area contributed by atoms with Gasteiger partial charge in [0.05, 0.1) is 5.57 Å². The van der Waals surface area contributed by atoms with Gasteiger partial charge in [0.1, 0.15) is 4.84 Å². The molecule has 11 heavy (non-hydrogen) atoms. The van der Waals surface area contributed by atoms with Crippen LogP contribution in [0.5, 0.6) is 0 Å². The van der Waals surface area contributed by atoms with Crippen molar-refractivity contribution in [3.05, 3.63) is 11.6 Å². The maximum atomic E-state index is 10.2. The Hall–Kier alpha value is -0.740. The third-order valence-electron chi connectivity index (χ3n) is 0.761. The van der Waals surface area contributed by atoms with Crippen molar-refractivity contribution in [1.29, 1.82) is 0 Å². The van der Waals surface area contributed by atoms with Crippen LogP contribution >= 0.6 is 23.2 Å². The third-order valence-corrected chi connectivity index (χ3v) is 1.23. The highest BCUT2D eigenvalue weighted by Crippen LogP contribution is 2.13. The first-order chi connectivity index (χ1) is 4.95. The van der Waals surface area contributed by atoms with Gasteiger partial charge in [-0.2, -0.15) is 0 Å². The molecule has 0 radical (unpaired) electrons. The van der Waals surface area contributed by atoms with Gasteiger partial charge in [-0.05, 0) is 0 Å². The van der Waals surface area contributed by atoms with E-state index < -0.39 is 22.3 Å². The van der Waals surface area contributed by atoms with Crippen LogP contribution in [-0.2, 0) is 9.59 Å². The van der Waals surface area contributed by atoms with E-state index in [0.29, 0.717) is 6.08 Å². The molecule has 0 aromatic rings. The van der Waals surface area contributed by atoms with E-state index >= 15 is 0 Å². The molecule has 0 spiro atoms. The molecule has 2 N–H and O–H groups in total. The molecule has 0 aliphatic heterocycles. The predicted octanol–water partition coefficient (Wildman–Crippen LogP) is 0.886. The van der Waals surface area contributed by atoms with Crippen LogP contribution in [0.15, 0.2) is 11.6 Å². The minimum atomic E-state index is -1.44. The number of aliphatic carboxylic acids is 2. The van der Waals surface area contributed by atoms with E-state index in [1.807, 2.05) is 0 Å². The Balaban J connectivity index is 4.60. The first kappa shape index (κ1) is 10.3. The summed E-state index contributed by atoms with van der Waals surface area (Å²) in [6.45, 7) is 0. The third kappa shape index (κ3) is 3.85. The number of hydrogen-bond acceptors (Lipinski definition) is 2. The monoisotopic (exact) mass is 198 g/mol. The highest BCUT2D eigenvalue weighted by atomic mass is 35.5. The molecule has 0 rings (SSSR count). The molecule has 6 heteroatoms. The molecular formula is C5H4Cl2O4. The van der Waals surface area contributed by atoms with Gasteiger partial charge >= 0.3 is 11.9 Å². The average molecular weight is 199 g/mol. The van der Waals surface area contributed by atoms with Crippen molar-refractivity contribution in [2.24, 2.45) is 0 Å². The molecule has 0 unspecified atom stereocenters. The van der Waals surface area contributed by atoms with Gasteiger partial charge in [0.15, 0.2) is 0 Å². The molecule has 0 atom stereocenters. The van der Waals surface area contributed by atoms with E-state index in [9.17, 15) is 9.59 Å². The van der Waals surface area contributed by atoms with Crippen LogP contribution in [0.2, 0.25) is 0 Å². The Morgan fingerprint density at radius 3 is 1.82 bits per heavy atom.